The fourth-order valence-corrected chi connectivity index (χ4v) is 4.01. The molecule has 0 N–H and O–H groups in total. The van der Waals surface area contributed by atoms with Gasteiger partial charge < -0.3 is 9.30 Å². The van der Waals surface area contributed by atoms with Gasteiger partial charge in [0.15, 0.2) is 4.80 Å². The Morgan fingerprint density at radius 2 is 2.04 bits per heavy atom. The second kappa shape index (κ2) is 8.49. The van der Waals surface area contributed by atoms with Gasteiger partial charge in [-0.3, -0.25) is 4.79 Å². The van der Waals surface area contributed by atoms with Gasteiger partial charge in [-0.2, -0.15) is 10.3 Å². The Morgan fingerprint density at radius 1 is 1.30 bits per heavy atom. The number of rotatable bonds is 5. The fraction of sp³-hybridized carbons (Fsp3) is 0.250. The van der Waals surface area contributed by atoms with Crippen molar-refractivity contribution in [3.63, 3.8) is 0 Å². The summed E-state index contributed by atoms with van der Waals surface area (Å²) in [5, 5.41) is 9.56. The lowest BCUT2D eigenvalue weighted by atomic mass is 10.1. The van der Waals surface area contributed by atoms with Gasteiger partial charge in [-0.15, -0.1) is 0 Å². The Morgan fingerprint density at radius 3 is 2.70 bits per heavy atom. The highest BCUT2D eigenvalue weighted by Crippen LogP contribution is 2.27. The van der Waals surface area contributed by atoms with Crippen LogP contribution in [0.3, 0.4) is 0 Å². The lowest BCUT2D eigenvalue weighted by Gasteiger charge is -2.08. The maximum Gasteiger partial charge on any atom is 0.279 e. The van der Waals surface area contributed by atoms with E-state index in [0.717, 1.165) is 15.8 Å². The van der Waals surface area contributed by atoms with E-state index in [1.54, 1.807) is 24.3 Å². The molecule has 1 heterocycles. The Balaban J connectivity index is 2.09. The molecule has 1 amide bonds. The molecule has 0 aliphatic heterocycles. The van der Waals surface area contributed by atoms with Crippen LogP contribution in [0.2, 0.25) is 5.02 Å². The number of aryl methyl sites for hydroxylation is 1. The predicted molar refractivity (Wildman–Crippen MR) is 107 cm³/mol. The first-order valence-electron chi connectivity index (χ1n) is 8.50. The summed E-state index contributed by atoms with van der Waals surface area (Å²) in [7, 11) is 0. The van der Waals surface area contributed by atoms with Crippen LogP contribution < -0.4 is 4.80 Å². The highest BCUT2D eigenvalue weighted by atomic mass is 35.5. The Kier molecular flexibility index (Phi) is 6.07. The van der Waals surface area contributed by atoms with Crippen molar-refractivity contribution in [1.29, 1.82) is 5.26 Å². The van der Waals surface area contributed by atoms with E-state index in [9.17, 15) is 4.79 Å². The molecule has 0 spiro atoms. The topological polar surface area (TPSA) is 67.4 Å². The van der Waals surface area contributed by atoms with E-state index >= 15 is 0 Å². The quantitative estimate of drug-likeness (QED) is 0.600. The molecule has 0 atom stereocenters. The third-order valence-electron chi connectivity index (χ3n) is 4.15. The van der Waals surface area contributed by atoms with Crippen molar-refractivity contribution in [3.05, 3.63) is 62.9 Å². The van der Waals surface area contributed by atoms with Gasteiger partial charge in [-0.05, 0) is 55.8 Å². The highest BCUT2D eigenvalue weighted by molar-refractivity contribution is 7.16. The van der Waals surface area contributed by atoms with Gasteiger partial charge in [-0.25, -0.2) is 0 Å². The molecule has 3 rings (SSSR count). The van der Waals surface area contributed by atoms with Crippen LogP contribution in [0.5, 0.6) is 0 Å². The molecule has 3 aromatic rings. The molecule has 7 heteroatoms. The number of aromatic nitrogens is 1. The zero-order valence-electron chi connectivity index (χ0n) is 15.0. The van der Waals surface area contributed by atoms with Crippen LogP contribution in [0.25, 0.3) is 10.2 Å². The van der Waals surface area contributed by atoms with Crippen LogP contribution >= 0.6 is 22.9 Å². The molecule has 0 aliphatic carbocycles. The molecule has 0 saturated carbocycles. The summed E-state index contributed by atoms with van der Waals surface area (Å²) in [4.78, 5) is 17.5. The van der Waals surface area contributed by atoms with Crippen LogP contribution in [-0.2, 0) is 11.3 Å². The average molecular weight is 400 g/mol. The highest BCUT2D eigenvalue weighted by Gasteiger charge is 2.13. The maximum atomic E-state index is 12.6. The third kappa shape index (κ3) is 4.11. The molecule has 138 valence electrons. The molecule has 0 radical (unpaired) electrons. The average Bonchev–Trinajstić information content (AvgIpc) is 3.03. The predicted octanol–water partition coefficient (Wildman–Crippen LogP) is 4.31. The number of benzene rings is 2. The SMILES string of the molecule is CCOCCn1c(=NC(=O)c2ccc(C#N)cc2)sc2ccc(Cl)c(C)c21. The number of carbonyl (C=O) groups is 1. The van der Waals surface area contributed by atoms with E-state index in [1.807, 2.05) is 36.6 Å². The van der Waals surface area contributed by atoms with Crippen molar-refractivity contribution >= 4 is 39.1 Å². The Hall–Kier alpha value is -2.46. The zero-order chi connectivity index (χ0) is 19.4. The third-order valence-corrected chi connectivity index (χ3v) is 5.60. The number of halogens is 1. The van der Waals surface area contributed by atoms with Gasteiger partial charge in [-0.1, -0.05) is 22.9 Å². The number of nitrogens with zero attached hydrogens (tertiary/aromatic N) is 3. The lowest BCUT2D eigenvalue weighted by molar-refractivity contribution is 0.0996. The molecular formula is C20H18ClN3O2S. The van der Waals surface area contributed by atoms with Gasteiger partial charge in [0.2, 0.25) is 0 Å². The van der Waals surface area contributed by atoms with Crippen molar-refractivity contribution in [2.75, 3.05) is 13.2 Å². The number of nitriles is 1. The molecular weight excluding hydrogens is 382 g/mol. The van der Waals surface area contributed by atoms with Crippen LogP contribution in [0.1, 0.15) is 28.4 Å². The fourth-order valence-electron chi connectivity index (χ4n) is 2.75. The normalized spacial score (nSPS) is 11.7. The Labute approximate surface area is 166 Å². The summed E-state index contributed by atoms with van der Waals surface area (Å²) < 4.78 is 8.49. The first-order chi connectivity index (χ1) is 13.0. The van der Waals surface area contributed by atoms with Crippen LogP contribution in [0, 0.1) is 18.3 Å². The monoisotopic (exact) mass is 399 g/mol. The van der Waals surface area contributed by atoms with Crippen molar-refractivity contribution in [3.8, 4) is 6.07 Å². The summed E-state index contributed by atoms with van der Waals surface area (Å²) >= 11 is 7.74. The number of amides is 1. The number of ether oxygens (including phenoxy) is 1. The Bertz CT molecular complexity index is 1090. The van der Waals surface area contributed by atoms with Crippen molar-refractivity contribution < 1.29 is 9.53 Å². The molecule has 27 heavy (non-hydrogen) atoms. The molecule has 5 nitrogen and oxygen atoms in total. The minimum absolute atomic E-state index is 0.347. The minimum atomic E-state index is -0.347. The number of hydrogen-bond donors (Lipinski definition) is 0. The summed E-state index contributed by atoms with van der Waals surface area (Å²) in [6.45, 7) is 5.62. The van der Waals surface area contributed by atoms with Crippen LogP contribution in [-0.4, -0.2) is 23.7 Å². The smallest absolute Gasteiger partial charge is 0.279 e. The van der Waals surface area contributed by atoms with E-state index < -0.39 is 0 Å². The first kappa shape index (κ1) is 19.3. The standard InChI is InChI=1S/C20H18ClN3O2S/c1-3-26-11-10-24-18-13(2)16(21)8-9-17(18)27-20(24)23-19(25)15-6-4-14(12-22)5-7-15/h4-9H,3,10-11H2,1-2H3. The van der Waals surface area contributed by atoms with Gasteiger partial charge in [0.1, 0.15) is 0 Å². The molecule has 2 aromatic carbocycles. The summed E-state index contributed by atoms with van der Waals surface area (Å²) in [5.74, 6) is -0.347. The van der Waals surface area contributed by atoms with E-state index in [1.165, 1.54) is 11.3 Å². The number of carbonyl (C=O) groups excluding carboxylic acids is 1. The number of fused-ring (bicyclic) bond motifs is 1. The molecule has 0 aliphatic rings. The largest absolute Gasteiger partial charge is 0.380 e. The number of hydrogen-bond acceptors (Lipinski definition) is 4. The van der Waals surface area contributed by atoms with Gasteiger partial charge >= 0.3 is 0 Å². The van der Waals surface area contributed by atoms with Crippen molar-refractivity contribution in [2.45, 2.75) is 20.4 Å². The van der Waals surface area contributed by atoms with Crippen molar-refractivity contribution in [2.24, 2.45) is 4.99 Å². The maximum absolute atomic E-state index is 12.6. The lowest BCUT2D eigenvalue weighted by Crippen LogP contribution is -2.20. The van der Waals surface area contributed by atoms with E-state index in [2.05, 4.69) is 4.99 Å². The molecule has 0 bridgehead atoms. The van der Waals surface area contributed by atoms with Crippen molar-refractivity contribution in [1.82, 2.24) is 4.57 Å². The van der Waals surface area contributed by atoms with Gasteiger partial charge in [0, 0.05) is 23.7 Å². The second-order valence-corrected chi connectivity index (χ2v) is 7.27. The molecule has 0 saturated heterocycles. The first-order valence-corrected chi connectivity index (χ1v) is 9.70. The second-order valence-electron chi connectivity index (χ2n) is 5.86. The van der Waals surface area contributed by atoms with E-state index in [-0.39, 0.29) is 5.91 Å². The molecule has 0 unspecified atom stereocenters. The molecule has 1 aromatic heterocycles. The number of thiazole rings is 1. The zero-order valence-corrected chi connectivity index (χ0v) is 16.6. The summed E-state index contributed by atoms with van der Waals surface area (Å²) in [5.41, 5.74) is 2.87. The van der Waals surface area contributed by atoms with E-state index in [0.29, 0.717) is 40.7 Å². The summed E-state index contributed by atoms with van der Waals surface area (Å²) in [6.07, 6.45) is 0. The van der Waals surface area contributed by atoms with Gasteiger partial charge in [0.25, 0.3) is 5.91 Å². The van der Waals surface area contributed by atoms with Gasteiger partial charge in [0.05, 0.1) is 28.5 Å². The minimum Gasteiger partial charge on any atom is -0.380 e. The van der Waals surface area contributed by atoms with Crippen LogP contribution in [0.15, 0.2) is 41.4 Å². The van der Waals surface area contributed by atoms with Crippen LogP contribution in [0.4, 0.5) is 0 Å². The van der Waals surface area contributed by atoms with E-state index in [4.69, 9.17) is 21.6 Å². The molecule has 0 fully saturated rings. The summed E-state index contributed by atoms with van der Waals surface area (Å²) in [6, 6.07) is 12.3.